The van der Waals surface area contributed by atoms with Crippen LogP contribution in [0.4, 0.5) is 0 Å². The molecule has 1 aliphatic rings. The summed E-state index contributed by atoms with van der Waals surface area (Å²) >= 11 is 0. The molecule has 0 amide bonds. The van der Waals surface area contributed by atoms with Crippen LogP contribution in [-0.2, 0) is 13.2 Å². The van der Waals surface area contributed by atoms with Crippen molar-refractivity contribution < 1.29 is 4.52 Å². The molecule has 0 bridgehead atoms. The molecule has 0 radical (unpaired) electrons. The van der Waals surface area contributed by atoms with Gasteiger partial charge < -0.3 is 4.52 Å². The average Bonchev–Trinajstić information content (AvgIpc) is 3.34. The van der Waals surface area contributed by atoms with Gasteiger partial charge in [0.15, 0.2) is 5.52 Å². The first kappa shape index (κ1) is 16.0. The fraction of sp³-hybridized carbons (Fsp3) is 0.421. The molecule has 0 aliphatic heterocycles. The predicted octanol–water partition coefficient (Wildman–Crippen LogP) is 2.93. The third-order valence-electron chi connectivity index (χ3n) is 4.78. The van der Waals surface area contributed by atoms with E-state index in [-0.39, 0.29) is 5.56 Å². The lowest BCUT2D eigenvalue weighted by molar-refractivity contribution is 0.183. The van der Waals surface area contributed by atoms with Crippen LogP contribution in [0.3, 0.4) is 0 Å². The van der Waals surface area contributed by atoms with Crippen LogP contribution in [0.2, 0.25) is 0 Å². The van der Waals surface area contributed by atoms with Gasteiger partial charge in [-0.3, -0.25) is 9.69 Å². The first-order chi connectivity index (χ1) is 12.0. The van der Waals surface area contributed by atoms with E-state index in [4.69, 9.17) is 4.52 Å². The SMILES string of the molecule is Cc1cccc(CN(Cn2nc(C)c3c(C)onc3c2=O)C2CC2)c1. The van der Waals surface area contributed by atoms with Crippen molar-refractivity contribution in [3.8, 4) is 0 Å². The van der Waals surface area contributed by atoms with E-state index in [0.29, 0.717) is 24.0 Å². The lowest BCUT2D eigenvalue weighted by Crippen LogP contribution is -2.35. The van der Waals surface area contributed by atoms with E-state index >= 15 is 0 Å². The van der Waals surface area contributed by atoms with E-state index in [9.17, 15) is 4.79 Å². The number of hydrogen-bond acceptors (Lipinski definition) is 5. The molecular formula is C19H22N4O2. The molecule has 6 nitrogen and oxygen atoms in total. The van der Waals surface area contributed by atoms with Gasteiger partial charge in [0.05, 0.1) is 17.7 Å². The quantitative estimate of drug-likeness (QED) is 0.716. The lowest BCUT2D eigenvalue weighted by atomic mass is 10.1. The Balaban J connectivity index is 1.66. The molecule has 0 atom stereocenters. The molecule has 2 heterocycles. The zero-order valence-electron chi connectivity index (χ0n) is 14.8. The summed E-state index contributed by atoms with van der Waals surface area (Å²) in [7, 11) is 0. The third-order valence-corrected chi connectivity index (χ3v) is 4.78. The monoisotopic (exact) mass is 338 g/mol. The number of aryl methyl sites for hydroxylation is 3. The number of fused-ring (bicyclic) bond motifs is 1. The number of nitrogens with zero attached hydrogens (tertiary/aromatic N) is 4. The summed E-state index contributed by atoms with van der Waals surface area (Å²) in [6.07, 6.45) is 2.34. The minimum Gasteiger partial charge on any atom is -0.360 e. The van der Waals surface area contributed by atoms with Crippen molar-refractivity contribution in [3.05, 3.63) is 57.2 Å². The van der Waals surface area contributed by atoms with Crippen LogP contribution < -0.4 is 5.56 Å². The molecule has 1 aliphatic carbocycles. The van der Waals surface area contributed by atoms with Crippen LogP contribution in [0.5, 0.6) is 0 Å². The Morgan fingerprint density at radius 2 is 2.08 bits per heavy atom. The largest absolute Gasteiger partial charge is 0.360 e. The molecule has 25 heavy (non-hydrogen) atoms. The summed E-state index contributed by atoms with van der Waals surface area (Å²) in [6.45, 7) is 7.09. The van der Waals surface area contributed by atoms with Gasteiger partial charge in [-0.25, -0.2) is 4.68 Å². The Morgan fingerprint density at radius 1 is 1.28 bits per heavy atom. The molecule has 0 saturated heterocycles. The molecule has 1 saturated carbocycles. The average molecular weight is 338 g/mol. The Labute approximate surface area is 146 Å². The molecule has 0 spiro atoms. The number of rotatable bonds is 5. The maximum atomic E-state index is 12.7. The molecule has 1 aromatic carbocycles. The first-order valence-corrected chi connectivity index (χ1v) is 8.66. The normalized spacial score (nSPS) is 14.6. The topological polar surface area (TPSA) is 64.2 Å². The van der Waals surface area contributed by atoms with Crippen molar-refractivity contribution in [2.24, 2.45) is 0 Å². The second kappa shape index (κ2) is 6.11. The van der Waals surface area contributed by atoms with Crippen molar-refractivity contribution >= 4 is 10.9 Å². The Kier molecular flexibility index (Phi) is 3.92. The van der Waals surface area contributed by atoms with E-state index in [1.54, 1.807) is 0 Å². The lowest BCUT2D eigenvalue weighted by Gasteiger charge is -2.22. The number of aromatic nitrogens is 3. The summed E-state index contributed by atoms with van der Waals surface area (Å²) in [5.41, 5.74) is 3.47. The third kappa shape index (κ3) is 3.09. The standard InChI is InChI=1S/C19H22N4O2/c1-12-5-4-6-15(9-12)10-22(16-7-8-16)11-23-19(24)18-17(13(2)20-23)14(3)25-21-18/h4-6,9,16H,7-8,10-11H2,1-3H3. The summed E-state index contributed by atoms with van der Waals surface area (Å²) in [6, 6.07) is 9.02. The predicted molar refractivity (Wildman–Crippen MR) is 95.3 cm³/mol. The maximum Gasteiger partial charge on any atom is 0.298 e. The smallest absolute Gasteiger partial charge is 0.298 e. The van der Waals surface area contributed by atoms with E-state index < -0.39 is 0 Å². The Bertz CT molecular complexity index is 985. The highest BCUT2D eigenvalue weighted by Gasteiger charge is 2.30. The van der Waals surface area contributed by atoms with Crippen LogP contribution >= 0.6 is 0 Å². The Hall–Kier alpha value is -2.47. The Morgan fingerprint density at radius 3 is 2.80 bits per heavy atom. The molecule has 6 heteroatoms. The highest BCUT2D eigenvalue weighted by Crippen LogP contribution is 2.29. The van der Waals surface area contributed by atoms with Gasteiger partial charge in [-0.05, 0) is 39.2 Å². The van der Waals surface area contributed by atoms with Crippen molar-refractivity contribution in [3.63, 3.8) is 0 Å². The van der Waals surface area contributed by atoms with E-state index in [1.165, 1.54) is 28.7 Å². The summed E-state index contributed by atoms with van der Waals surface area (Å²) in [5, 5.41) is 9.18. The van der Waals surface area contributed by atoms with Gasteiger partial charge in [-0.2, -0.15) is 5.10 Å². The zero-order chi connectivity index (χ0) is 17.6. The van der Waals surface area contributed by atoms with Gasteiger partial charge in [0, 0.05) is 12.6 Å². The second-order valence-electron chi connectivity index (χ2n) is 6.96. The highest BCUT2D eigenvalue weighted by atomic mass is 16.5. The van der Waals surface area contributed by atoms with Crippen LogP contribution in [-0.4, -0.2) is 25.9 Å². The molecular weight excluding hydrogens is 316 g/mol. The number of hydrogen-bond donors (Lipinski definition) is 0. The minimum absolute atomic E-state index is 0.188. The van der Waals surface area contributed by atoms with E-state index in [1.807, 2.05) is 13.8 Å². The highest BCUT2D eigenvalue weighted by molar-refractivity contribution is 5.81. The van der Waals surface area contributed by atoms with Crippen molar-refractivity contribution in [2.75, 3.05) is 0 Å². The molecule has 2 aromatic heterocycles. The van der Waals surface area contributed by atoms with E-state index in [2.05, 4.69) is 46.3 Å². The van der Waals surface area contributed by atoms with Crippen LogP contribution in [0.1, 0.15) is 35.4 Å². The summed E-state index contributed by atoms with van der Waals surface area (Å²) in [5.74, 6) is 0.642. The zero-order valence-corrected chi connectivity index (χ0v) is 14.8. The minimum atomic E-state index is -0.188. The van der Waals surface area contributed by atoms with Crippen molar-refractivity contribution in [2.45, 2.75) is 52.9 Å². The van der Waals surface area contributed by atoms with Crippen LogP contribution in [0.15, 0.2) is 33.6 Å². The second-order valence-corrected chi connectivity index (χ2v) is 6.96. The van der Waals surface area contributed by atoms with Gasteiger partial charge in [0.2, 0.25) is 0 Å². The molecule has 1 fully saturated rings. The summed E-state index contributed by atoms with van der Waals surface area (Å²) in [4.78, 5) is 15.1. The van der Waals surface area contributed by atoms with Gasteiger partial charge in [0.1, 0.15) is 5.76 Å². The van der Waals surface area contributed by atoms with Crippen LogP contribution in [0, 0.1) is 20.8 Å². The molecule has 4 rings (SSSR count). The van der Waals surface area contributed by atoms with E-state index in [0.717, 1.165) is 17.6 Å². The van der Waals surface area contributed by atoms with Crippen LogP contribution in [0.25, 0.3) is 10.9 Å². The van der Waals surface area contributed by atoms with Gasteiger partial charge in [-0.1, -0.05) is 35.0 Å². The maximum absolute atomic E-state index is 12.7. The molecule has 0 unspecified atom stereocenters. The van der Waals surface area contributed by atoms with Gasteiger partial charge in [0.25, 0.3) is 5.56 Å². The van der Waals surface area contributed by atoms with Crippen molar-refractivity contribution in [1.29, 1.82) is 0 Å². The van der Waals surface area contributed by atoms with Crippen molar-refractivity contribution in [1.82, 2.24) is 19.8 Å². The first-order valence-electron chi connectivity index (χ1n) is 8.66. The van der Waals surface area contributed by atoms with Gasteiger partial charge in [-0.15, -0.1) is 0 Å². The summed E-state index contributed by atoms with van der Waals surface area (Å²) < 4.78 is 6.71. The molecule has 3 aromatic rings. The molecule has 130 valence electrons. The van der Waals surface area contributed by atoms with Gasteiger partial charge >= 0.3 is 0 Å². The molecule has 0 N–H and O–H groups in total. The fourth-order valence-corrected chi connectivity index (χ4v) is 3.39. The fourth-order valence-electron chi connectivity index (χ4n) is 3.39. The number of benzene rings is 1.